The molecule has 0 saturated carbocycles. The zero-order chi connectivity index (χ0) is 29.5. The summed E-state index contributed by atoms with van der Waals surface area (Å²) in [6.07, 6.45) is -4.64. The molecule has 0 aliphatic carbocycles. The van der Waals surface area contributed by atoms with Gasteiger partial charge in [0.2, 0.25) is 5.43 Å². The van der Waals surface area contributed by atoms with Gasteiger partial charge in [0, 0.05) is 14.7 Å². The second kappa shape index (κ2) is 10.5. The summed E-state index contributed by atoms with van der Waals surface area (Å²) < 4.78 is 79.5. The fourth-order valence-corrected chi connectivity index (χ4v) is 9.94. The van der Waals surface area contributed by atoms with Crippen LogP contribution in [-0.2, 0) is 19.9 Å². The van der Waals surface area contributed by atoms with E-state index in [-0.39, 0.29) is 10.8 Å². The summed E-state index contributed by atoms with van der Waals surface area (Å²) in [4.78, 5) is 14.5. The van der Waals surface area contributed by atoms with Crippen LogP contribution in [0.5, 0.6) is 0 Å². The van der Waals surface area contributed by atoms with Crippen LogP contribution in [0, 0.1) is 0 Å². The molecule has 0 bridgehead atoms. The first-order valence-corrected chi connectivity index (χ1v) is 15.6. The van der Waals surface area contributed by atoms with E-state index in [2.05, 4.69) is 0 Å². The molecule has 0 unspecified atom stereocenters. The zero-order valence-electron chi connectivity index (χ0n) is 21.6. The van der Waals surface area contributed by atoms with Crippen molar-refractivity contribution < 1.29 is 29.6 Å². The van der Waals surface area contributed by atoms with Crippen LogP contribution < -0.4 is 5.43 Å². The molecule has 0 aliphatic heterocycles. The molecule has 212 valence electrons. The minimum atomic E-state index is -4.65. The van der Waals surface area contributed by atoms with Crippen LogP contribution in [0.25, 0.3) is 21.9 Å². The highest BCUT2D eigenvalue weighted by molar-refractivity contribution is 8.33. The van der Waals surface area contributed by atoms with Crippen LogP contribution in [0.15, 0.2) is 156 Å². The van der Waals surface area contributed by atoms with E-state index >= 15 is 0 Å². The third-order valence-electron chi connectivity index (χ3n) is 6.69. The second-order valence-electron chi connectivity index (χ2n) is 9.31. The van der Waals surface area contributed by atoms with Crippen molar-refractivity contribution in [3.63, 3.8) is 0 Å². The summed E-state index contributed by atoms with van der Waals surface area (Å²) in [5.74, 6) is 0. The summed E-state index contributed by atoms with van der Waals surface area (Å²) in [5, 5.41) is 0.589. The standard InChI is InChI=1S/C32H21F3O5S2/c33-32(34,35)22-15-17-25(18-16-22)42(37,38)40-41(23-9-3-1-4-10-23,24-11-5-2-6-12-24)26-19-20-30-28(21-26)31(36)27-13-7-8-14-29(27)39-30/h1-21H. The average Bonchev–Trinajstić information content (AvgIpc) is 3.00. The fourth-order valence-electron chi connectivity index (χ4n) is 4.70. The van der Waals surface area contributed by atoms with Gasteiger partial charge in [-0.1, -0.05) is 48.5 Å². The number of hydrogen-bond donors (Lipinski definition) is 0. The Morgan fingerprint density at radius 2 is 1.10 bits per heavy atom. The first-order valence-electron chi connectivity index (χ1n) is 12.6. The van der Waals surface area contributed by atoms with E-state index in [1.54, 1.807) is 103 Å². The molecule has 1 heterocycles. The van der Waals surface area contributed by atoms with Gasteiger partial charge in [-0.05, 0) is 89.2 Å². The highest BCUT2D eigenvalue weighted by Gasteiger charge is 2.39. The summed E-state index contributed by atoms with van der Waals surface area (Å²) in [5.41, 5.74) is -0.565. The van der Waals surface area contributed by atoms with E-state index in [0.29, 0.717) is 43.4 Å². The molecule has 5 nitrogen and oxygen atoms in total. The lowest BCUT2D eigenvalue weighted by molar-refractivity contribution is -0.137. The molecular weight excluding hydrogens is 585 g/mol. The maximum atomic E-state index is 13.9. The van der Waals surface area contributed by atoms with Gasteiger partial charge in [-0.3, -0.25) is 4.79 Å². The molecule has 0 N–H and O–H groups in total. The Morgan fingerprint density at radius 3 is 1.69 bits per heavy atom. The molecule has 0 atom stereocenters. The lowest BCUT2D eigenvalue weighted by Crippen LogP contribution is -2.15. The van der Waals surface area contributed by atoms with E-state index < -0.39 is 37.1 Å². The molecule has 0 fully saturated rings. The van der Waals surface area contributed by atoms with Crippen LogP contribution in [0.2, 0.25) is 0 Å². The Hall–Kier alpha value is -4.38. The predicted molar refractivity (Wildman–Crippen MR) is 155 cm³/mol. The molecule has 10 heteroatoms. The highest BCUT2D eigenvalue weighted by atomic mass is 32.3. The molecule has 0 aliphatic rings. The maximum absolute atomic E-state index is 13.9. The van der Waals surface area contributed by atoms with Gasteiger partial charge in [-0.2, -0.15) is 21.6 Å². The number of benzene rings is 5. The normalized spacial score (nSPS) is 12.9. The van der Waals surface area contributed by atoms with Crippen LogP contribution in [-0.4, -0.2) is 8.42 Å². The monoisotopic (exact) mass is 606 g/mol. The van der Waals surface area contributed by atoms with Gasteiger partial charge in [-0.15, -0.1) is 0 Å². The quantitative estimate of drug-likeness (QED) is 0.178. The third kappa shape index (κ3) is 4.87. The van der Waals surface area contributed by atoms with Crippen LogP contribution >= 0.6 is 10.3 Å². The molecule has 0 radical (unpaired) electrons. The van der Waals surface area contributed by atoms with Gasteiger partial charge >= 0.3 is 16.3 Å². The number of fused-ring (bicyclic) bond motifs is 2. The lowest BCUT2D eigenvalue weighted by Gasteiger charge is -2.39. The van der Waals surface area contributed by atoms with Crippen molar-refractivity contribution in [3.05, 3.63) is 143 Å². The lowest BCUT2D eigenvalue weighted by atomic mass is 10.1. The van der Waals surface area contributed by atoms with E-state index in [1.807, 2.05) is 0 Å². The van der Waals surface area contributed by atoms with Crippen LogP contribution in [0.4, 0.5) is 13.2 Å². The minimum absolute atomic E-state index is 0.227. The summed E-state index contributed by atoms with van der Waals surface area (Å²) in [6, 6.07) is 32.1. The summed E-state index contributed by atoms with van der Waals surface area (Å²) >= 11 is 0. The SMILES string of the molecule is O=c1c2ccccc2oc2ccc(S(OS(=O)(=O)c3ccc(C(F)(F)F)cc3)(c3ccccc3)c3ccccc3)cc12. The molecule has 0 saturated heterocycles. The minimum Gasteiger partial charge on any atom is -0.456 e. The van der Waals surface area contributed by atoms with Crippen molar-refractivity contribution in [2.45, 2.75) is 25.8 Å². The predicted octanol–water partition coefficient (Wildman–Crippen LogP) is 8.57. The van der Waals surface area contributed by atoms with Crippen LogP contribution in [0.3, 0.4) is 0 Å². The molecule has 6 rings (SSSR count). The Balaban J connectivity index is 1.63. The molecule has 42 heavy (non-hydrogen) atoms. The van der Waals surface area contributed by atoms with Gasteiger partial charge in [0.15, 0.2) is 0 Å². The third-order valence-corrected chi connectivity index (χ3v) is 11.9. The number of rotatable bonds is 6. The van der Waals surface area contributed by atoms with Crippen molar-refractivity contribution in [2.24, 2.45) is 0 Å². The fraction of sp³-hybridized carbons (Fsp3) is 0.0312. The number of para-hydroxylation sites is 1. The van der Waals surface area contributed by atoms with Crippen molar-refractivity contribution in [1.29, 1.82) is 0 Å². The zero-order valence-corrected chi connectivity index (χ0v) is 23.2. The van der Waals surface area contributed by atoms with E-state index in [4.69, 9.17) is 8.05 Å². The van der Waals surface area contributed by atoms with Gasteiger partial charge in [0.05, 0.1) is 21.2 Å². The van der Waals surface area contributed by atoms with Gasteiger partial charge in [-0.25, -0.2) is 3.63 Å². The first kappa shape index (κ1) is 27.8. The number of alkyl halides is 3. The van der Waals surface area contributed by atoms with E-state index in [9.17, 15) is 26.4 Å². The Kier molecular flexibility index (Phi) is 6.92. The number of halogens is 3. The molecule has 0 spiro atoms. The topological polar surface area (TPSA) is 73.6 Å². The van der Waals surface area contributed by atoms with Crippen molar-refractivity contribution >= 4 is 42.4 Å². The first-order chi connectivity index (χ1) is 20.1. The van der Waals surface area contributed by atoms with Crippen molar-refractivity contribution in [3.8, 4) is 0 Å². The Labute approximate surface area is 240 Å². The van der Waals surface area contributed by atoms with Gasteiger partial charge in [0.1, 0.15) is 11.2 Å². The number of hydrogen-bond acceptors (Lipinski definition) is 5. The molecular formula is C32H21F3O5S2. The molecule has 1 aromatic heterocycles. The summed E-state index contributed by atoms with van der Waals surface area (Å²) in [7, 11) is -7.78. The van der Waals surface area contributed by atoms with Crippen molar-refractivity contribution in [2.75, 3.05) is 0 Å². The van der Waals surface area contributed by atoms with Gasteiger partial charge < -0.3 is 4.42 Å². The largest absolute Gasteiger partial charge is 0.456 e. The molecule has 0 amide bonds. The van der Waals surface area contributed by atoms with Crippen LogP contribution in [0.1, 0.15) is 5.56 Å². The average molecular weight is 607 g/mol. The molecule has 5 aromatic carbocycles. The van der Waals surface area contributed by atoms with E-state index in [0.717, 1.165) is 12.1 Å². The smallest absolute Gasteiger partial charge is 0.416 e. The molecule has 6 aromatic rings. The maximum Gasteiger partial charge on any atom is 0.416 e. The highest BCUT2D eigenvalue weighted by Crippen LogP contribution is 2.70. The van der Waals surface area contributed by atoms with Gasteiger partial charge in [0.25, 0.3) is 0 Å². The van der Waals surface area contributed by atoms with E-state index in [1.165, 1.54) is 0 Å². The second-order valence-corrected chi connectivity index (χ2v) is 13.8. The Morgan fingerprint density at radius 1 is 0.571 bits per heavy atom. The Bertz CT molecular complexity index is 2040. The van der Waals surface area contributed by atoms with Crippen molar-refractivity contribution in [1.82, 2.24) is 0 Å². The summed E-state index contributed by atoms with van der Waals surface area (Å²) in [6.45, 7) is 0.